The lowest BCUT2D eigenvalue weighted by atomic mass is 10.2. The van der Waals surface area contributed by atoms with E-state index in [1.54, 1.807) is 18.2 Å². The molecule has 6 heteroatoms. The topological polar surface area (TPSA) is 44.8 Å². The average molecular weight is 313 g/mol. The van der Waals surface area contributed by atoms with Gasteiger partial charge in [-0.05, 0) is 57.5 Å². The fourth-order valence-corrected chi connectivity index (χ4v) is 3.22. The van der Waals surface area contributed by atoms with Gasteiger partial charge in [-0.3, -0.25) is 0 Å². The molecule has 0 saturated heterocycles. The molecule has 0 aliphatic heterocycles. The van der Waals surface area contributed by atoms with E-state index in [9.17, 15) is 4.79 Å². The van der Waals surface area contributed by atoms with E-state index < -0.39 is 16.6 Å². The van der Waals surface area contributed by atoms with Gasteiger partial charge in [0.15, 0.2) is 0 Å². The van der Waals surface area contributed by atoms with Gasteiger partial charge in [0.25, 0.3) is 0 Å². The third-order valence-corrected chi connectivity index (χ3v) is 3.86. The molecule has 0 fully saturated rings. The van der Waals surface area contributed by atoms with Gasteiger partial charge in [-0.25, -0.2) is 4.79 Å². The first kappa shape index (κ1) is 16.8. The zero-order valence-electron chi connectivity index (χ0n) is 13.4. The van der Waals surface area contributed by atoms with Gasteiger partial charge in [-0.2, -0.15) is 0 Å². The fraction of sp³-hybridized carbons (Fsp3) is 0.500. The number of rotatable bonds is 5. The number of carbonyl (C=O) groups is 1. The maximum atomic E-state index is 11.6. The van der Waals surface area contributed by atoms with Crippen LogP contribution in [0.2, 0.25) is 39.3 Å². The highest BCUT2D eigenvalue weighted by molar-refractivity contribution is 6.71. The van der Waals surface area contributed by atoms with Crippen LogP contribution in [-0.2, 0) is 4.74 Å². The zero-order chi connectivity index (χ0) is 15.6. The second-order valence-electron chi connectivity index (χ2n) is 6.58. The Morgan fingerprint density at radius 3 is 1.85 bits per heavy atom. The Bertz CT molecular complexity index is 487. The molecule has 0 heterocycles. The van der Waals surface area contributed by atoms with Crippen molar-refractivity contribution in [2.24, 2.45) is 0 Å². The Balaban J connectivity index is 3.19. The molecule has 0 aliphatic carbocycles. The predicted molar refractivity (Wildman–Crippen MR) is 85.7 cm³/mol. The van der Waals surface area contributed by atoms with Crippen molar-refractivity contribution in [1.29, 1.82) is 0 Å². The Labute approximate surface area is 123 Å². The molecule has 112 valence electrons. The quantitative estimate of drug-likeness (QED) is 0.611. The van der Waals surface area contributed by atoms with Crippen molar-refractivity contribution < 1.29 is 18.4 Å². The van der Waals surface area contributed by atoms with E-state index >= 15 is 0 Å². The van der Waals surface area contributed by atoms with Crippen LogP contribution in [0.3, 0.4) is 0 Å². The Morgan fingerprint density at radius 1 is 0.900 bits per heavy atom. The molecule has 4 nitrogen and oxygen atoms in total. The average Bonchev–Trinajstić information content (AvgIpc) is 2.26. The molecule has 1 rings (SSSR count). The fourth-order valence-electron chi connectivity index (χ4n) is 1.58. The van der Waals surface area contributed by atoms with Gasteiger partial charge in [0, 0.05) is 0 Å². The Kier molecular flexibility index (Phi) is 5.04. The van der Waals surface area contributed by atoms with E-state index in [1.165, 1.54) is 7.11 Å². The summed E-state index contributed by atoms with van der Waals surface area (Å²) in [6, 6.07) is 5.21. The molecule has 0 radical (unpaired) electrons. The minimum absolute atomic E-state index is 0.370. The maximum Gasteiger partial charge on any atom is 0.337 e. The van der Waals surface area contributed by atoms with Crippen molar-refractivity contribution in [2.75, 3.05) is 7.11 Å². The number of hydrogen-bond acceptors (Lipinski definition) is 4. The van der Waals surface area contributed by atoms with Crippen LogP contribution in [0.4, 0.5) is 0 Å². The molecule has 0 aromatic heterocycles. The van der Waals surface area contributed by atoms with Gasteiger partial charge >= 0.3 is 5.97 Å². The summed E-state index contributed by atoms with van der Waals surface area (Å²) >= 11 is 0. The highest BCUT2D eigenvalue weighted by Crippen LogP contribution is 2.32. The largest absolute Gasteiger partial charge is 0.542 e. The van der Waals surface area contributed by atoms with Crippen LogP contribution in [0, 0.1) is 0 Å². The van der Waals surface area contributed by atoms with E-state index in [0.29, 0.717) is 17.1 Å². The zero-order valence-corrected chi connectivity index (χ0v) is 15.4. The standard InChI is InChI=1S/C14H24O4Si2/c1-16-14(15)11-8-9-12(17-19(2,3)4)13(10-11)18-20(5,6)7/h8-10H,1-7H3. The summed E-state index contributed by atoms with van der Waals surface area (Å²) in [5.74, 6) is 0.971. The Hall–Kier alpha value is -1.28. The summed E-state index contributed by atoms with van der Waals surface area (Å²) in [5, 5.41) is 0. The highest BCUT2D eigenvalue weighted by Gasteiger charge is 2.24. The van der Waals surface area contributed by atoms with Crippen LogP contribution in [0.1, 0.15) is 10.4 Å². The SMILES string of the molecule is COC(=O)c1ccc(O[Si](C)(C)C)c(O[Si](C)(C)C)c1. The van der Waals surface area contributed by atoms with Crippen LogP contribution in [0.15, 0.2) is 18.2 Å². The molecule has 0 spiro atoms. The first-order valence-corrected chi connectivity index (χ1v) is 13.4. The molecular formula is C14H24O4Si2. The number of esters is 1. The van der Waals surface area contributed by atoms with Gasteiger partial charge in [-0.1, -0.05) is 0 Å². The lowest BCUT2D eigenvalue weighted by molar-refractivity contribution is 0.0600. The van der Waals surface area contributed by atoms with Crippen LogP contribution in [0.25, 0.3) is 0 Å². The van der Waals surface area contributed by atoms with Crippen LogP contribution < -0.4 is 8.85 Å². The van der Waals surface area contributed by atoms with Gasteiger partial charge < -0.3 is 13.6 Å². The molecule has 1 aromatic carbocycles. The lowest BCUT2D eigenvalue weighted by Crippen LogP contribution is -2.32. The summed E-state index contributed by atoms with van der Waals surface area (Å²) in [6.45, 7) is 12.6. The van der Waals surface area contributed by atoms with E-state index in [0.717, 1.165) is 0 Å². The monoisotopic (exact) mass is 312 g/mol. The van der Waals surface area contributed by atoms with E-state index in [-0.39, 0.29) is 5.97 Å². The molecule has 0 unspecified atom stereocenters. The first-order valence-electron chi connectivity index (χ1n) is 6.62. The van der Waals surface area contributed by atoms with Crippen LogP contribution >= 0.6 is 0 Å². The Morgan fingerprint density at radius 2 is 1.40 bits per heavy atom. The normalized spacial score (nSPS) is 11.9. The van der Waals surface area contributed by atoms with Crippen molar-refractivity contribution in [2.45, 2.75) is 39.3 Å². The molecular weight excluding hydrogens is 288 g/mol. The van der Waals surface area contributed by atoms with Crippen molar-refractivity contribution in [3.05, 3.63) is 23.8 Å². The van der Waals surface area contributed by atoms with Gasteiger partial charge in [0.05, 0.1) is 12.7 Å². The smallest absolute Gasteiger partial charge is 0.337 e. The van der Waals surface area contributed by atoms with Crippen LogP contribution in [0.5, 0.6) is 11.5 Å². The summed E-state index contributed by atoms with van der Waals surface area (Å²) in [4.78, 5) is 11.6. The van der Waals surface area contributed by atoms with Gasteiger partial charge in [-0.15, -0.1) is 0 Å². The minimum atomic E-state index is -1.79. The van der Waals surface area contributed by atoms with Crippen molar-refractivity contribution in [3.8, 4) is 11.5 Å². The number of carbonyl (C=O) groups excluding carboxylic acids is 1. The summed E-state index contributed by atoms with van der Waals surface area (Å²) in [5.41, 5.74) is 0.476. The molecule has 0 aliphatic rings. The molecule has 0 atom stereocenters. The van der Waals surface area contributed by atoms with E-state index in [4.69, 9.17) is 13.6 Å². The number of methoxy groups -OCH3 is 1. The summed E-state index contributed by atoms with van der Waals surface area (Å²) in [7, 11) is -2.16. The predicted octanol–water partition coefficient (Wildman–Crippen LogP) is 3.90. The second kappa shape index (κ2) is 6.01. The van der Waals surface area contributed by atoms with Crippen LogP contribution in [-0.4, -0.2) is 29.7 Å². The molecule has 20 heavy (non-hydrogen) atoms. The second-order valence-corrected chi connectivity index (χ2v) is 15.4. The van der Waals surface area contributed by atoms with Gasteiger partial charge in [0.2, 0.25) is 16.6 Å². The number of benzene rings is 1. The first-order chi connectivity index (χ1) is 9.02. The minimum Gasteiger partial charge on any atom is -0.542 e. The third-order valence-electron chi connectivity index (χ3n) is 2.20. The van der Waals surface area contributed by atoms with Crippen molar-refractivity contribution >= 4 is 22.6 Å². The number of hydrogen-bond donors (Lipinski definition) is 0. The van der Waals surface area contributed by atoms with Crippen molar-refractivity contribution in [1.82, 2.24) is 0 Å². The van der Waals surface area contributed by atoms with E-state index in [1.807, 2.05) is 0 Å². The van der Waals surface area contributed by atoms with Crippen molar-refractivity contribution in [3.63, 3.8) is 0 Å². The van der Waals surface area contributed by atoms with Gasteiger partial charge in [0.1, 0.15) is 11.5 Å². The third kappa shape index (κ3) is 5.38. The molecule has 0 amide bonds. The molecule has 0 N–H and O–H groups in total. The summed E-state index contributed by atoms with van der Waals surface area (Å²) < 4.78 is 16.8. The van der Waals surface area contributed by atoms with E-state index in [2.05, 4.69) is 39.3 Å². The summed E-state index contributed by atoms with van der Waals surface area (Å²) in [6.07, 6.45) is 0. The maximum absolute atomic E-state index is 11.6. The molecule has 0 saturated carbocycles. The molecule has 0 bridgehead atoms. The number of ether oxygens (including phenoxy) is 1. The molecule has 1 aromatic rings. The highest BCUT2D eigenvalue weighted by atomic mass is 28.4. The lowest BCUT2D eigenvalue weighted by Gasteiger charge is -2.26.